The van der Waals surface area contributed by atoms with Gasteiger partial charge in [0.2, 0.25) is 5.91 Å². The van der Waals surface area contributed by atoms with Crippen molar-refractivity contribution in [2.45, 2.75) is 32.2 Å². The van der Waals surface area contributed by atoms with Gasteiger partial charge < -0.3 is 4.90 Å². The molecule has 0 aliphatic rings. The summed E-state index contributed by atoms with van der Waals surface area (Å²) in [5, 5.41) is 7.85. The minimum atomic E-state index is -0.265. The van der Waals surface area contributed by atoms with E-state index >= 15 is 0 Å². The number of halogens is 1. The predicted molar refractivity (Wildman–Crippen MR) is 125 cm³/mol. The molecule has 1 amide bonds. The van der Waals surface area contributed by atoms with Crippen LogP contribution in [0.1, 0.15) is 25.0 Å². The minimum Gasteiger partial charge on any atom is -0.344 e. The molecule has 4 rings (SSSR count). The van der Waals surface area contributed by atoms with Crippen LogP contribution in [0.2, 0.25) is 0 Å². The third-order valence-corrected chi connectivity index (χ3v) is 5.67. The summed E-state index contributed by atoms with van der Waals surface area (Å²) < 4.78 is 14.4. The van der Waals surface area contributed by atoms with Gasteiger partial charge >= 0.3 is 0 Å². The molecule has 7 nitrogen and oxygen atoms in total. The zero-order valence-electron chi connectivity index (χ0n) is 18.5. The number of fused-ring (bicyclic) bond motifs is 1. The van der Waals surface area contributed by atoms with E-state index in [0.29, 0.717) is 17.4 Å². The van der Waals surface area contributed by atoms with Crippen molar-refractivity contribution in [2.24, 2.45) is 0 Å². The lowest BCUT2D eigenvalue weighted by Gasteiger charge is -2.17. The Morgan fingerprint density at radius 1 is 1.09 bits per heavy atom. The van der Waals surface area contributed by atoms with Crippen LogP contribution in [0.25, 0.3) is 22.2 Å². The minimum absolute atomic E-state index is 0.0204. The molecule has 0 saturated heterocycles. The molecule has 1 N–H and O–H groups in total. The standard InChI is InChI=1S/C25H26FN5O2/c1-30(24(32)16-31-17-27-22-9-5-4-8-21(22)25(31)33)14-6-2-3-7-20-15-23(29-28-20)18-10-12-19(26)13-11-18/h4-5,8-13,15,17H,2-3,6-7,14,16H2,1H3,(H,28,29). The number of carbonyl (C=O) groups is 1. The van der Waals surface area contributed by atoms with Crippen molar-refractivity contribution in [3.63, 3.8) is 0 Å². The van der Waals surface area contributed by atoms with Gasteiger partial charge in [0.05, 0.1) is 22.9 Å². The summed E-state index contributed by atoms with van der Waals surface area (Å²) in [6, 6.07) is 15.4. The van der Waals surface area contributed by atoms with Gasteiger partial charge in [-0.25, -0.2) is 9.37 Å². The van der Waals surface area contributed by atoms with Crippen LogP contribution in [-0.4, -0.2) is 44.1 Å². The highest BCUT2D eigenvalue weighted by molar-refractivity contribution is 5.78. The number of benzene rings is 2. The van der Waals surface area contributed by atoms with E-state index in [0.717, 1.165) is 42.6 Å². The molecule has 170 valence electrons. The molecule has 0 radical (unpaired) electrons. The van der Waals surface area contributed by atoms with Gasteiger partial charge in [-0.15, -0.1) is 0 Å². The Morgan fingerprint density at radius 3 is 2.70 bits per heavy atom. The second-order valence-electron chi connectivity index (χ2n) is 8.11. The molecular formula is C25H26FN5O2. The van der Waals surface area contributed by atoms with Crippen LogP contribution in [0.4, 0.5) is 4.39 Å². The van der Waals surface area contributed by atoms with Gasteiger partial charge in [0.1, 0.15) is 12.4 Å². The van der Waals surface area contributed by atoms with Crippen molar-refractivity contribution >= 4 is 16.8 Å². The lowest BCUT2D eigenvalue weighted by molar-refractivity contribution is -0.130. The fraction of sp³-hybridized carbons (Fsp3) is 0.280. The average Bonchev–Trinajstić information content (AvgIpc) is 3.30. The monoisotopic (exact) mass is 447 g/mol. The third kappa shape index (κ3) is 5.52. The number of nitrogens with zero attached hydrogens (tertiary/aromatic N) is 4. The summed E-state index contributed by atoms with van der Waals surface area (Å²) in [5.41, 5.74) is 3.12. The quantitative estimate of drug-likeness (QED) is 0.396. The van der Waals surface area contributed by atoms with E-state index in [2.05, 4.69) is 15.2 Å². The molecule has 2 aromatic heterocycles. The number of hydrogen-bond acceptors (Lipinski definition) is 4. The number of hydrogen-bond donors (Lipinski definition) is 1. The van der Waals surface area contributed by atoms with Gasteiger partial charge in [0.15, 0.2) is 0 Å². The molecule has 2 heterocycles. The number of rotatable bonds is 9. The highest BCUT2D eigenvalue weighted by Crippen LogP contribution is 2.19. The molecule has 0 unspecified atom stereocenters. The lowest BCUT2D eigenvalue weighted by Crippen LogP contribution is -2.34. The zero-order valence-corrected chi connectivity index (χ0v) is 18.5. The summed E-state index contributed by atoms with van der Waals surface area (Å²) in [6.07, 6.45) is 5.07. The molecule has 0 fully saturated rings. The van der Waals surface area contributed by atoms with E-state index in [4.69, 9.17) is 0 Å². The van der Waals surface area contributed by atoms with Crippen LogP contribution >= 0.6 is 0 Å². The van der Waals surface area contributed by atoms with Crippen LogP contribution in [0.15, 0.2) is 65.7 Å². The number of aromatic nitrogens is 4. The fourth-order valence-corrected chi connectivity index (χ4v) is 3.71. The Kier molecular flexibility index (Phi) is 6.92. The van der Waals surface area contributed by atoms with Crippen molar-refractivity contribution in [3.05, 3.63) is 82.8 Å². The number of nitrogens with one attached hydrogen (secondary N) is 1. The average molecular weight is 448 g/mol. The van der Waals surface area contributed by atoms with Crippen molar-refractivity contribution in [3.8, 4) is 11.3 Å². The number of para-hydroxylation sites is 1. The Balaban J connectivity index is 1.21. The smallest absolute Gasteiger partial charge is 0.261 e. The first-order chi connectivity index (χ1) is 16.0. The molecule has 0 bridgehead atoms. The Hall–Kier alpha value is -3.81. The molecule has 0 spiro atoms. The fourth-order valence-electron chi connectivity index (χ4n) is 3.71. The van der Waals surface area contributed by atoms with E-state index in [9.17, 15) is 14.0 Å². The van der Waals surface area contributed by atoms with Gasteiger partial charge in [-0.1, -0.05) is 18.6 Å². The summed E-state index contributed by atoms with van der Waals surface area (Å²) in [5.74, 6) is -0.384. The van der Waals surface area contributed by atoms with Crippen LogP contribution in [0, 0.1) is 5.82 Å². The van der Waals surface area contributed by atoms with Crippen LogP contribution < -0.4 is 5.56 Å². The van der Waals surface area contributed by atoms with Crippen LogP contribution in [0.3, 0.4) is 0 Å². The number of amides is 1. The number of unbranched alkanes of at least 4 members (excludes halogenated alkanes) is 2. The maximum Gasteiger partial charge on any atom is 0.261 e. The first kappa shape index (κ1) is 22.4. The van der Waals surface area contributed by atoms with E-state index in [1.807, 2.05) is 12.1 Å². The predicted octanol–water partition coefficient (Wildman–Crippen LogP) is 3.80. The molecule has 33 heavy (non-hydrogen) atoms. The maximum atomic E-state index is 13.1. The normalized spacial score (nSPS) is 11.1. The van der Waals surface area contributed by atoms with Crippen molar-refractivity contribution in [2.75, 3.05) is 13.6 Å². The summed E-state index contributed by atoms with van der Waals surface area (Å²) in [6.45, 7) is 0.603. The lowest BCUT2D eigenvalue weighted by atomic mass is 10.1. The molecule has 0 aliphatic carbocycles. The highest BCUT2D eigenvalue weighted by atomic mass is 19.1. The molecule has 0 aliphatic heterocycles. The number of aromatic amines is 1. The van der Waals surface area contributed by atoms with E-state index in [-0.39, 0.29) is 23.8 Å². The Labute approximate surface area is 190 Å². The second-order valence-corrected chi connectivity index (χ2v) is 8.11. The second kappa shape index (κ2) is 10.2. The molecule has 0 saturated carbocycles. The van der Waals surface area contributed by atoms with Crippen molar-refractivity contribution in [1.29, 1.82) is 0 Å². The van der Waals surface area contributed by atoms with Gasteiger partial charge in [-0.3, -0.25) is 19.3 Å². The third-order valence-electron chi connectivity index (χ3n) is 5.67. The van der Waals surface area contributed by atoms with E-state index < -0.39 is 0 Å². The Bertz CT molecular complexity index is 1300. The van der Waals surface area contributed by atoms with E-state index in [1.54, 1.807) is 42.3 Å². The number of H-pyrrole nitrogens is 1. The number of carbonyl (C=O) groups excluding carboxylic acids is 1. The maximum absolute atomic E-state index is 13.1. The molecule has 2 aromatic carbocycles. The van der Waals surface area contributed by atoms with Crippen molar-refractivity contribution in [1.82, 2.24) is 24.6 Å². The number of aryl methyl sites for hydroxylation is 1. The molecule has 4 aromatic rings. The van der Waals surface area contributed by atoms with Gasteiger partial charge in [0, 0.05) is 24.8 Å². The largest absolute Gasteiger partial charge is 0.344 e. The Morgan fingerprint density at radius 2 is 1.88 bits per heavy atom. The first-order valence-corrected chi connectivity index (χ1v) is 11.0. The van der Waals surface area contributed by atoms with Gasteiger partial charge in [-0.2, -0.15) is 5.10 Å². The number of likely N-dealkylation sites (N-methyl/N-ethyl adjacent to an activating group) is 1. The summed E-state index contributed by atoms with van der Waals surface area (Å²) >= 11 is 0. The van der Waals surface area contributed by atoms with Gasteiger partial charge in [0.25, 0.3) is 5.56 Å². The van der Waals surface area contributed by atoms with Gasteiger partial charge in [-0.05, 0) is 61.7 Å². The van der Waals surface area contributed by atoms with E-state index in [1.165, 1.54) is 23.0 Å². The van der Waals surface area contributed by atoms with Crippen LogP contribution in [-0.2, 0) is 17.8 Å². The zero-order chi connectivity index (χ0) is 23.2. The summed E-state index contributed by atoms with van der Waals surface area (Å²) in [4.78, 5) is 31.0. The van der Waals surface area contributed by atoms with Crippen molar-refractivity contribution < 1.29 is 9.18 Å². The SMILES string of the molecule is CN(CCCCCc1cc(-c2ccc(F)cc2)n[nH]1)C(=O)Cn1cnc2ccccc2c1=O. The summed E-state index contributed by atoms with van der Waals surface area (Å²) in [7, 11) is 1.76. The van der Waals surface area contributed by atoms with Crippen LogP contribution in [0.5, 0.6) is 0 Å². The molecule has 0 atom stereocenters. The molecule has 8 heteroatoms. The highest BCUT2D eigenvalue weighted by Gasteiger charge is 2.12. The topological polar surface area (TPSA) is 83.9 Å². The first-order valence-electron chi connectivity index (χ1n) is 11.0. The molecular weight excluding hydrogens is 421 g/mol.